The second-order valence-electron chi connectivity index (χ2n) is 2.40. The van der Waals surface area contributed by atoms with Crippen molar-refractivity contribution < 1.29 is 8.78 Å². The summed E-state index contributed by atoms with van der Waals surface area (Å²) in [5.41, 5.74) is 0.997. The van der Waals surface area contributed by atoms with Gasteiger partial charge in [0, 0.05) is 0 Å². The van der Waals surface area contributed by atoms with Gasteiger partial charge in [-0.15, -0.1) is 0 Å². The van der Waals surface area contributed by atoms with Gasteiger partial charge >= 0.3 is 0 Å². The van der Waals surface area contributed by atoms with Crippen LogP contribution in [0.25, 0.3) is 0 Å². The molecule has 0 radical (unpaired) electrons. The third kappa shape index (κ3) is 4.48. The molecule has 0 unspecified atom stereocenters. The largest absolute Gasteiger partial charge is 0.215 e. The number of hydrogen-bond acceptors (Lipinski definition) is 0. The lowest BCUT2D eigenvalue weighted by atomic mass is 10.2. The molecule has 0 bridgehead atoms. The molecule has 0 atom stereocenters. The van der Waals surface area contributed by atoms with Crippen LogP contribution < -0.4 is 0 Å². The Morgan fingerprint density at radius 3 is 2.00 bits per heavy atom. The summed E-state index contributed by atoms with van der Waals surface area (Å²) in [6, 6.07) is 0. The van der Waals surface area contributed by atoms with E-state index in [2.05, 4.69) is 0 Å². The molecular formula is C9H12F2. The minimum Gasteiger partial charge on any atom is -0.215 e. The summed E-state index contributed by atoms with van der Waals surface area (Å²) in [4.78, 5) is 0. The van der Waals surface area contributed by atoms with Crippen molar-refractivity contribution in [2.45, 2.75) is 20.8 Å². The van der Waals surface area contributed by atoms with Gasteiger partial charge in [0.2, 0.25) is 0 Å². The van der Waals surface area contributed by atoms with E-state index in [1.54, 1.807) is 19.9 Å². The normalized spacial score (nSPS) is 15.5. The molecule has 0 nitrogen and oxygen atoms in total. The van der Waals surface area contributed by atoms with Gasteiger partial charge in [0.05, 0.1) is 12.2 Å². The first kappa shape index (κ1) is 10.1. The zero-order chi connectivity index (χ0) is 8.85. The second kappa shape index (κ2) is 4.83. The van der Waals surface area contributed by atoms with Crippen LogP contribution in [0.15, 0.2) is 35.5 Å². The first-order chi connectivity index (χ1) is 5.07. The predicted molar refractivity (Wildman–Crippen MR) is 43.5 cm³/mol. The standard InChI is InChI=1S/C9H12F2/c1-7(6-10)4-5-8(2)9(3)11/h4-6H,1-3H3/b5-4-,7-6+,9-8+. The van der Waals surface area contributed by atoms with Crippen LogP contribution in [0.4, 0.5) is 8.78 Å². The van der Waals surface area contributed by atoms with E-state index in [-0.39, 0.29) is 5.83 Å². The fraction of sp³-hybridized carbons (Fsp3) is 0.333. The number of allylic oxidation sites excluding steroid dienone is 5. The average Bonchev–Trinajstić information content (AvgIpc) is 1.99. The maximum Gasteiger partial charge on any atom is 0.0997 e. The third-order valence-corrected chi connectivity index (χ3v) is 1.31. The van der Waals surface area contributed by atoms with Gasteiger partial charge in [-0.1, -0.05) is 12.2 Å². The molecule has 0 saturated heterocycles. The van der Waals surface area contributed by atoms with Crippen LogP contribution in [0.1, 0.15) is 20.8 Å². The quantitative estimate of drug-likeness (QED) is 0.538. The van der Waals surface area contributed by atoms with E-state index in [0.717, 1.165) is 0 Å². The molecule has 2 heteroatoms. The van der Waals surface area contributed by atoms with Crippen molar-refractivity contribution in [3.63, 3.8) is 0 Å². The Hall–Kier alpha value is -0.920. The Morgan fingerprint density at radius 1 is 1.09 bits per heavy atom. The summed E-state index contributed by atoms with van der Waals surface area (Å²) in [5, 5.41) is 0. The van der Waals surface area contributed by atoms with Crippen molar-refractivity contribution in [3.05, 3.63) is 35.5 Å². The SMILES string of the molecule is CC(/C=C\C(C)=C(/C)F)=C\F. The highest BCUT2D eigenvalue weighted by molar-refractivity contribution is 5.25. The first-order valence-electron chi connectivity index (χ1n) is 3.36. The predicted octanol–water partition coefficient (Wildman–Crippen LogP) is 3.68. The fourth-order valence-electron chi connectivity index (χ4n) is 0.408. The molecule has 62 valence electrons. The zero-order valence-electron chi connectivity index (χ0n) is 6.99. The van der Waals surface area contributed by atoms with Crippen molar-refractivity contribution >= 4 is 0 Å². The molecule has 0 saturated carbocycles. The summed E-state index contributed by atoms with van der Waals surface area (Å²) < 4.78 is 24.1. The van der Waals surface area contributed by atoms with Gasteiger partial charge in [-0.2, -0.15) is 0 Å². The maximum atomic E-state index is 12.4. The molecule has 0 spiro atoms. The maximum absolute atomic E-state index is 12.4. The van der Waals surface area contributed by atoms with Crippen LogP contribution in [0.3, 0.4) is 0 Å². The van der Waals surface area contributed by atoms with Gasteiger partial charge in [-0.3, -0.25) is 0 Å². The number of rotatable bonds is 2. The summed E-state index contributed by atoms with van der Waals surface area (Å²) in [6.07, 6.45) is 3.55. The molecule has 0 aromatic heterocycles. The smallest absolute Gasteiger partial charge is 0.0997 e. The molecule has 0 aliphatic heterocycles. The second-order valence-corrected chi connectivity index (χ2v) is 2.40. The van der Waals surface area contributed by atoms with E-state index in [1.807, 2.05) is 0 Å². The van der Waals surface area contributed by atoms with Gasteiger partial charge in [0.15, 0.2) is 0 Å². The molecule has 11 heavy (non-hydrogen) atoms. The Balaban J connectivity index is 4.27. The molecule has 0 aromatic carbocycles. The highest BCUT2D eigenvalue weighted by Gasteiger charge is 1.88. The van der Waals surface area contributed by atoms with Crippen molar-refractivity contribution in [1.82, 2.24) is 0 Å². The molecule has 0 heterocycles. The lowest BCUT2D eigenvalue weighted by molar-refractivity contribution is 0.631. The van der Waals surface area contributed by atoms with Crippen molar-refractivity contribution in [2.24, 2.45) is 0 Å². The fourth-order valence-corrected chi connectivity index (χ4v) is 0.408. The third-order valence-electron chi connectivity index (χ3n) is 1.31. The molecule has 0 aromatic rings. The van der Waals surface area contributed by atoms with Crippen LogP contribution in [-0.2, 0) is 0 Å². The summed E-state index contributed by atoms with van der Waals surface area (Å²) in [6.45, 7) is 4.61. The van der Waals surface area contributed by atoms with Gasteiger partial charge in [0.25, 0.3) is 0 Å². The van der Waals surface area contributed by atoms with Crippen molar-refractivity contribution in [3.8, 4) is 0 Å². The molecule has 0 aliphatic carbocycles. The van der Waals surface area contributed by atoms with E-state index >= 15 is 0 Å². The lowest BCUT2D eigenvalue weighted by Gasteiger charge is -1.91. The van der Waals surface area contributed by atoms with Crippen LogP contribution in [-0.4, -0.2) is 0 Å². The molecule has 0 amide bonds. The number of halogens is 2. The van der Waals surface area contributed by atoms with Gasteiger partial charge in [0.1, 0.15) is 0 Å². The van der Waals surface area contributed by atoms with Crippen molar-refractivity contribution in [1.29, 1.82) is 0 Å². The van der Waals surface area contributed by atoms with Gasteiger partial charge in [-0.05, 0) is 31.9 Å². The Bertz CT molecular complexity index is 206. The van der Waals surface area contributed by atoms with E-state index in [4.69, 9.17) is 0 Å². The molecule has 0 aliphatic rings. The monoisotopic (exact) mass is 158 g/mol. The van der Waals surface area contributed by atoms with E-state index in [9.17, 15) is 8.78 Å². The Morgan fingerprint density at radius 2 is 1.64 bits per heavy atom. The topological polar surface area (TPSA) is 0 Å². The highest BCUT2D eigenvalue weighted by atomic mass is 19.1. The molecule has 0 rings (SSSR count). The van der Waals surface area contributed by atoms with Gasteiger partial charge in [-0.25, -0.2) is 8.78 Å². The highest BCUT2D eigenvalue weighted by Crippen LogP contribution is 2.07. The zero-order valence-corrected chi connectivity index (χ0v) is 6.99. The number of hydrogen-bond donors (Lipinski definition) is 0. The van der Waals surface area contributed by atoms with Crippen LogP contribution in [0.2, 0.25) is 0 Å². The summed E-state index contributed by atoms with van der Waals surface area (Å²) >= 11 is 0. The van der Waals surface area contributed by atoms with Crippen molar-refractivity contribution in [2.75, 3.05) is 0 Å². The molecule has 0 N–H and O–H groups in total. The first-order valence-corrected chi connectivity index (χ1v) is 3.36. The summed E-state index contributed by atoms with van der Waals surface area (Å²) in [7, 11) is 0. The van der Waals surface area contributed by atoms with Crippen LogP contribution in [0, 0.1) is 0 Å². The Kier molecular flexibility index (Phi) is 4.42. The van der Waals surface area contributed by atoms with Crippen LogP contribution in [0.5, 0.6) is 0 Å². The van der Waals surface area contributed by atoms with Gasteiger partial charge < -0.3 is 0 Å². The van der Waals surface area contributed by atoms with Crippen LogP contribution >= 0.6 is 0 Å². The minimum absolute atomic E-state index is 0.243. The van der Waals surface area contributed by atoms with E-state index < -0.39 is 0 Å². The van der Waals surface area contributed by atoms with E-state index in [1.165, 1.54) is 13.0 Å². The average molecular weight is 158 g/mol. The lowest BCUT2D eigenvalue weighted by Crippen LogP contribution is -1.72. The molecular weight excluding hydrogens is 146 g/mol. The Labute approximate surface area is 65.9 Å². The van der Waals surface area contributed by atoms with E-state index in [0.29, 0.717) is 17.5 Å². The minimum atomic E-state index is -0.243. The summed E-state index contributed by atoms with van der Waals surface area (Å²) in [5.74, 6) is -0.243. The molecule has 0 fully saturated rings.